The van der Waals surface area contributed by atoms with Crippen LogP contribution in [0, 0.1) is 0 Å². The third-order valence-electron chi connectivity index (χ3n) is 3.23. The molecule has 0 aromatic carbocycles. The molecule has 2 N–H and O–H groups in total. The molecule has 0 saturated carbocycles. The van der Waals surface area contributed by atoms with E-state index in [9.17, 15) is 5.11 Å². The molecule has 2 aromatic heterocycles. The van der Waals surface area contributed by atoms with Crippen LogP contribution in [0.2, 0.25) is 10.0 Å². The maximum Gasteiger partial charge on any atom is 0.147 e. The van der Waals surface area contributed by atoms with Gasteiger partial charge in [0.15, 0.2) is 0 Å². The van der Waals surface area contributed by atoms with Crippen molar-refractivity contribution >= 4 is 29.0 Å². The van der Waals surface area contributed by atoms with Crippen LogP contribution in [-0.4, -0.2) is 38.6 Å². The van der Waals surface area contributed by atoms with Gasteiger partial charge in [-0.15, -0.1) is 0 Å². The molecule has 0 spiro atoms. The van der Waals surface area contributed by atoms with Crippen molar-refractivity contribution in [2.75, 3.05) is 18.0 Å². The summed E-state index contributed by atoms with van der Waals surface area (Å²) >= 11 is 11.9. The molecule has 0 amide bonds. The predicted octanol–water partition coefficient (Wildman–Crippen LogP) is 1.60. The van der Waals surface area contributed by atoms with Crippen molar-refractivity contribution < 1.29 is 5.11 Å². The van der Waals surface area contributed by atoms with Gasteiger partial charge in [0.05, 0.1) is 22.8 Å². The van der Waals surface area contributed by atoms with Crippen molar-refractivity contribution in [2.45, 2.75) is 12.0 Å². The van der Waals surface area contributed by atoms with Crippen molar-refractivity contribution in [3.05, 3.63) is 34.2 Å². The summed E-state index contributed by atoms with van der Waals surface area (Å²) in [4.78, 5) is 6.12. The molecule has 1 aliphatic heterocycles. The lowest BCUT2D eigenvalue weighted by Crippen LogP contribution is -2.31. The summed E-state index contributed by atoms with van der Waals surface area (Å²) in [6.45, 7) is 1.01. The molecule has 6 nitrogen and oxygen atoms in total. The number of rotatable bonds is 2. The van der Waals surface area contributed by atoms with Crippen LogP contribution in [0.25, 0.3) is 0 Å². The van der Waals surface area contributed by atoms with E-state index >= 15 is 0 Å². The maximum absolute atomic E-state index is 10.6. The first-order valence-electron chi connectivity index (χ1n) is 5.73. The van der Waals surface area contributed by atoms with E-state index in [1.165, 1.54) is 12.4 Å². The van der Waals surface area contributed by atoms with Gasteiger partial charge in [-0.2, -0.15) is 15.4 Å². The van der Waals surface area contributed by atoms with Gasteiger partial charge in [-0.3, -0.25) is 0 Å². The van der Waals surface area contributed by atoms with E-state index in [0.29, 0.717) is 41.1 Å². The topological polar surface area (TPSA) is 77.9 Å². The maximum atomic E-state index is 10.6. The summed E-state index contributed by atoms with van der Waals surface area (Å²) < 4.78 is 0. The number of hydrogen-bond donors (Lipinski definition) is 2. The molecular formula is C11H11Cl2N5O. The highest BCUT2D eigenvalue weighted by molar-refractivity contribution is 6.36. The quantitative estimate of drug-likeness (QED) is 0.881. The number of anilines is 1. The lowest BCUT2D eigenvalue weighted by Gasteiger charge is -2.22. The van der Waals surface area contributed by atoms with E-state index in [4.69, 9.17) is 23.2 Å². The number of hydrogen-bond acceptors (Lipinski definition) is 5. The van der Waals surface area contributed by atoms with Gasteiger partial charge in [0.2, 0.25) is 0 Å². The third-order valence-corrected chi connectivity index (χ3v) is 3.71. The van der Waals surface area contributed by atoms with Crippen molar-refractivity contribution in [1.82, 2.24) is 20.4 Å². The van der Waals surface area contributed by atoms with Gasteiger partial charge in [0.25, 0.3) is 0 Å². The van der Waals surface area contributed by atoms with E-state index in [0.717, 1.165) is 0 Å². The van der Waals surface area contributed by atoms with Gasteiger partial charge in [0.1, 0.15) is 17.1 Å². The van der Waals surface area contributed by atoms with Crippen LogP contribution in [0.4, 0.5) is 5.82 Å². The van der Waals surface area contributed by atoms with Crippen molar-refractivity contribution in [2.24, 2.45) is 0 Å². The SMILES string of the molecule is OC1(c2cn[nH]n2)CCN(c2ncc(Cl)cc2Cl)C1. The highest BCUT2D eigenvalue weighted by atomic mass is 35.5. The predicted molar refractivity (Wildman–Crippen MR) is 71.4 cm³/mol. The minimum Gasteiger partial charge on any atom is -0.381 e. The Hall–Kier alpha value is -1.37. The number of nitrogens with one attached hydrogen (secondary N) is 1. The second-order valence-electron chi connectivity index (χ2n) is 4.52. The monoisotopic (exact) mass is 299 g/mol. The molecule has 0 radical (unpaired) electrons. The van der Waals surface area contributed by atoms with Crippen LogP contribution >= 0.6 is 23.2 Å². The Balaban J connectivity index is 1.86. The van der Waals surface area contributed by atoms with Gasteiger partial charge >= 0.3 is 0 Å². The van der Waals surface area contributed by atoms with Crippen LogP contribution in [0.3, 0.4) is 0 Å². The smallest absolute Gasteiger partial charge is 0.147 e. The van der Waals surface area contributed by atoms with Gasteiger partial charge in [-0.1, -0.05) is 23.2 Å². The number of aromatic nitrogens is 4. The van der Waals surface area contributed by atoms with Gasteiger partial charge in [0, 0.05) is 19.2 Å². The molecule has 2 aromatic rings. The number of β-amino-alcohol motifs (C(OH)–C–C–N with tert-alkyl or cyclic N) is 1. The number of H-pyrrole nitrogens is 1. The fourth-order valence-electron chi connectivity index (χ4n) is 2.25. The second kappa shape index (κ2) is 4.63. The first kappa shape index (κ1) is 12.7. The first-order chi connectivity index (χ1) is 9.08. The highest BCUT2D eigenvalue weighted by Crippen LogP contribution is 2.35. The average Bonchev–Trinajstić information content (AvgIpc) is 2.99. The minimum atomic E-state index is -1.03. The number of halogens is 2. The van der Waals surface area contributed by atoms with Crippen molar-refractivity contribution in [1.29, 1.82) is 0 Å². The Bertz CT molecular complexity index is 591. The molecular weight excluding hydrogens is 289 g/mol. The zero-order valence-electron chi connectivity index (χ0n) is 9.85. The summed E-state index contributed by atoms with van der Waals surface area (Å²) in [5.41, 5.74) is -0.502. The van der Waals surface area contributed by atoms with Gasteiger partial charge < -0.3 is 10.0 Å². The van der Waals surface area contributed by atoms with E-state index in [1.54, 1.807) is 6.07 Å². The Morgan fingerprint density at radius 1 is 1.37 bits per heavy atom. The highest BCUT2D eigenvalue weighted by Gasteiger charge is 2.40. The van der Waals surface area contributed by atoms with Gasteiger partial charge in [-0.05, 0) is 6.07 Å². The average molecular weight is 300 g/mol. The lowest BCUT2D eigenvalue weighted by atomic mass is 10.0. The molecule has 1 fully saturated rings. The standard InChI is InChI=1S/C11H11Cl2N5O/c12-7-3-8(13)10(14-4-7)18-2-1-11(19,6-18)9-5-15-17-16-9/h3-5,19H,1-2,6H2,(H,15,16,17). The largest absolute Gasteiger partial charge is 0.381 e. The van der Waals surface area contributed by atoms with E-state index in [1.807, 2.05) is 4.90 Å². The summed E-state index contributed by atoms with van der Waals surface area (Å²) in [5, 5.41) is 21.7. The van der Waals surface area contributed by atoms with E-state index < -0.39 is 5.60 Å². The fourth-order valence-corrected chi connectivity index (χ4v) is 2.75. The number of aliphatic hydroxyl groups is 1. The molecule has 0 aliphatic carbocycles. The minimum absolute atomic E-state index is 0.369. The Morgan fingerprint density at radius 2 is 2.21 bits per heavy atom. The number of pyridine rings is 1. The second-order valence-corrected chi connectivity index (χ2v) is 5.36. The van der Waals surface area contributed by atoms with Crippen molar-refractivity contribution in [3.8, 4) is 0 Å². The molecule has 1 aliphatic rings. The van der Waals surface area contributed by atoms with Crippen LogP contribution in [-0.2, 0) is 5.60 Å². The van der Waals surface area contributed by atoms with Crippen molar-refractivity contribution in [3.63, 3.8) is 0 Å². The van der Waals surface area contributed by atoms with Crippen LogP contribution < -0.4 is 4.90 Å². The Labute approximate surface area is 119 Å². The van der Waals surface area contributed by atoms with Crippen LogP contribution in [0.15, 0.2) is 18.5 Å². The Morgan fingerprint density at radius 3 is 2.89 bits per heavy atom. The molecule has 1 saturated heterocycles. The lowest BCUT2D eigenvalue weighted by molar-refractivity contribution is 0.0559. The molecule has 1 unspecified atom stereocenters. The molecule has 0 bridgehead atoms. The Kier molecular flexibility index (Phi) is 3.08. The summed E-state index contributed by atoms with van der Waals surface area (Å²) in [6, 6.07) is 1.64. The summed E-state index contributed by atoms with van der Waals surface area (Å²) in [5.74, 6) is 0.616. The number of aromatic amines is 1. The summed E-state index contributed by atoms with van der Waals surface area (Å²) in [6.07, 6.45) is 3.61. The third kappa shape index (κ3) is 2.27. The summed E-state index contributed by atoms with van der Waals surface area (Å²) in [7, 11) is 0. The molecule has 1 atom stereocenters. The molecule has 100 valence electrons. The fraction of sp³-hybridized carbons (Fsp3) is 0.364. The zero-order chi connectivity index (χ0) is 13.5. The normalized spacial score (nSPS) is 23.0. The molecule has 19 heavy (non-hydrogen) atoms. The number of nitrogens with zero attached hydrogens (tertiary/aromatic N) is 4. The first-order valence-corrected chi connectivity index (χ1v) is 6.49. The van der Waals surface area contributed by atoms with Gasteiger partial charge in [-0.25, -0.2) is 4.98 Å². The van der Waals surface area contributed by atoms with E-state index in [2.05, 4.69) is 20.4 Å². The van der Waals surface area contributed by atoms with Crippen LogP contribution in [0.5, 0.6) is 0 Å². The molecule has 3 heterocycles. The molecule has 8 heteroatoms. The van der Waals surface area contributed by atoms with Crippen LogP contribution in [0.1, 0.15) is 12.1 Å². The van der Waals surface area contributed by atoms with E-state index in [-0.39, 0.29) is 0 Å². The zero-order valence-corrected chi connectivity index (χ0v) is 11.4. The molecule has 3 rings (SSSR count).